The van der Waals surface area contributed by atoms with Crippen LogP contribution in [0.4, 0.5) is 0 Å². The van der Waals surface area contributed by atoms with Gasteiger partial charge in [0, 0.05) is 0 Å². The summed E-state index contributed by atoms with van der Waals surface area (Å²) in [7, 11) is 0. The largest absolute Gasteiger partial charge is 0.481 e. The Hall–Kier alpha value is -1.46. The van der Waals surface area contributed by atoms with Crippen LogP contribution < -0.4 is 0 Å². The average molecular weight is 212 g/mol. The van der Waals surface area contributed by atoms with Crippen molar-refractivity contribution in [2.24, 2.45) is 5.41 Å². The van der Waals surface area contributed by atoms with E-state index in [1.165, 1.54) is 11.0 Å². The van der Waals surface area contributed by atoms with E-state index in [-0.39, 0.29) is 17.9 Å². The lowest BCUT2D eigenvalue weighted by atomic mass is 9.87. The lowest BCUT2D eigenvalue weighted by Gasteiger charge is -2.24. The van der Waals surface area contributed by atoms with E-state index < -0.39 is 5.97 Å². The van der Waals surface area contributed by atoms with E-state index in [0.717, 1.165) is 6.42 Å². The summed E-state index contributed by atoms with van der Waals surface area (Å²) in [5, 5.41) is 19.6. The van der Waals surface area contributed by atoms with Gasteiger partial charge in [0.2, 0.25) is 0 Å². The van der Waals surface area contributed by atoms with Crippen LogP contribution in [-0.2, 0) is 4.79 Å². The molecule has 0 aliphatic carbocycles. The minimum atomic E-state index is -0.834. The zero-order chi connectivity index (χ0) is 11.5. The molecule has 6 nitrogen and oxygen atoms in total. The topological polar surface area (TPSA) is 80.9 Å². The molecule has 15 heavy (non-hydrogen) atoms. The highest BCUT2D eigenvalue weighted by molar-refractivity contribution is 5.67. The highest BCUT2D eigenvalue weighted by Crippen LogP contribution is 2.28. The molecule has 84 valence electrons. The molecule has 0 aliphatic rings. The van der Waals surface area contributed by atoms with E-state index in [0.29, 0.717) is 0 Å². The van der Waals surface area contributed by atoms with E-state index in [1.807, 2.05) is 0 Å². The standard InChI is InChI=1S/C9H16N4O2/c1-9(2,3)5-7(4-8(14)15)13-6-10-11-12-13/h6-7H,4-5H2,1-3H3,(H,14,15). The molecule has 0 bridgehead atoms. The summed E-state index contributed by atoms with van der Waals surface area (Å²) >= 11 is 0. The molecule has 0 fully saturated rings. The first kappa shape index (κ1) is 11.6. The summed E-state index contributed by atoms with van der Waals surface area (Å²) in [6.45, 7) is 6.19. The van der Waals surface area contributed by atoms with Crippen molar-refractivity contribution in [2.75, 3.05) is 0 Å². The molecule has 6 heteroatoms. The molecule has 0 aromatic carbocycles. The van der Waals surface area contributed by atoms with Gasteiger partial charge in [-0.1, -0.05) is 20.8 Å². The fourth-order valence-corrected chi connectivity index (χ4v) is 1.50. The van der Waals surface area contributed by atoms with Gasteiger partial charge in [0.1, 0.15) is 6.33 Å². The lowest BCUT2D eigenvalue weighted by Crippen LogP contribution is -2.20. The minimum absolute atomic E-state index is 0.0440. The second-order valence-corrected chi connectivity index (χ2v) is 4.81. The number of carboxylic acids is 1. The maximum absolute atomic E-state index is 10.7. The van der Waals surface area contributed by atoms with Crippen LogP contribution in [0.5, 0.6) is 0 Å². The van der Waals surface area contributed by atoms with Crippen molar-refractivity contribution in [1.29, 1.82) is 0 Å². The first-order chi connectivity index (χ1) is 6.88. The Bertz CT molecular complexity index is 315. The van der Waals surface area contributed by atoms with Gasteiger partial charge < -0.3 is 5.11 Å². The Kier molecular flexibility index (Phi) is 3.39. The Labute approximate surface area is 88.3 Å². The first-order valence-corrected chi connectivity index (χ1v) is 4.83. The summed E-state index contributed by atoms with van der Waals surface area (Å²) < 4.78 is 1.51. The number of carbonyl (C=O) groups is 1. The summed E-state index contributed by atoms with van der Waals surface area (Å²) in [6, 6.07) is -0.183. The first-order valence-electron chi connectivity index (χ1n) is 4.83. The number of rotatable bonds is 4. The fraction of sp³-hybridized carbons (Fsp3) is 0.778. The van der Waals surface area contributed by atoms with Gasteiger partial charge in [-0.15, -0.1) is 5.10 Å². The summed E-state index contributed by atoms with van der Waals surface area (Å²) in [6.07, 6.45) is 2.23. The smallest absolute Gasteiger partial charge is 0.305 e. The van der Waals surface area contributed by atoms with Crippen molar-refractivity contribution in [3.05, 3.63) is 6.33 Å². The van der Waals surface area contributed by atoms with E-state index in [9.17, 15) is 4.79 Å². The third-order valence-corrected chi connectivity index (χ3v) is 2.00. The van der Waals surface area contributed by atoms with Gasteiger partial charge in [-0.3, -0.25) is 4.79 Å². The number of hydrogen-bond acceptors (Lipinski definition) is 4. The van der Waals surface area contributed by atoms with Crippen molar-refractivity contribution < 1.29 is 9.90 Å². The van der Waals surface area contributed by atoms with E-state index in [4.69, 9.17) is 5.11 Å². The Balaban J connectivity index is 2.75. The fourth-order valence-electron chi connectivity index (χ4n) is 1.50. The summed E-state index contributed by atoms with van der Waals surface area (Å²) in [4.78, 5) is 10.7. The third kappa shape index (κ3) is 4.05. The number of nitrogens with zero attached hydrogens (tertiary/aromatic N) is 4. The number of aliphatic carboxylic acids is 1. The maximum Gasteiger partial charge on any atom is 0.305 e. The molecule has 0 saturated heterocycles. The number of carboxylic acid groups (broad SMARTS) is 1. The van der Waals surface area contributed by atoms with Crippen LogP contribution in [0.2, 0.25) is 0 Å². The van der Waals surface area contributed by atoms with Gasteiger partial charge in [0.15, 0.2) is 0 Å². The Morgan fingerprint density at radius 2 is 2.20 bits per heavy atom. The minimum Gasteiger partial charge on any atom is -0.481 e. The molecule has 1 unspecified atom stereocenters. The van der Waals surface area contributed by atoms with Crippen LogP contribution in [0.25, 0.3) is 0 Å². The predicted octanol–water partition coefficient (Wildman–Crippen LogP) is 1.13. The van der Waals surface area contributed by atoms with Gasteiger partial charge in [0.25, 0.3) is 0 Å². The highest BCUT2D eigenvalue weighted by atomic mass is 16.4. The van der Waals surface area contributed by atoms with Gasteiger partial charge in [-0.2, -0.15) is 0 Å². The van der Waals surface area contributed by atoms with Crippen LogP contribution in [0.15, 0.2) is 6.33 Å². The molecule has 1 aromatic rings. The molecule has 0 spiro atoms. The van der Waals surface area contributed by atoms with Crippen molar-refractivity contribution in [2.45, 2.75) is 39.7 Å². The molecule has 1 atom stereocenters. The second kappa shape index (κ2) is 4.37. The van der Waals surface area contributed by atoms with Crippen molar-refractivity contribution in [3.8, 4) is 0 Å². The van der Waals surface area contributed by atoms with Gasteiger partial charge in [0.05, 0.1) is 12.5 Å². The molecule has 0 amide bonds. The molecule has 1 rings (SSSR count). The summed E-state index contributed by atoms with van der Waals surface area (Å²) in [5.74, 6) is -0.834. The summed E-state index contributed by atoms with van der Waals surface area (Å²) in [5.41, 5.74) is 0.0477. The zero-order valence-electron chi connectivity index (χ0n) is 9.21. The van der Waals surface area contributed by atoms with Crippen LogP contribution in [0, 0.1) is 5.41 Å². The van der Waals surface area contributed by atoms with Crippen LogP contribution >= 0.6 is 0 Å². The molecule has 0 radical (unpaired) electrons. The average Bonchev–Trinajstić information content (AvgIpc) is 2.50. The zero-order valence-corrected chi connectivity index (χ0v) is 9.21. The van der Waals surface area contributed by atoms with Crippen molar-refractivity contribution in [1.82, 2.24) is 20.2 Å². The maximum atomic E-state index is 10.7. The quantitative estimate of drug-likeness (QED) is 0.809. The molecule has 0 saturated carbocycles. The van der Waals surface area contributed by atoms with Gasteiger partial charge >= 0.3 is 5.97 Å². The van der Waals surface area contributed by atoms with Crippen molar-refractivity contribution in [3.63, 3.8) is 0 Å². The number of aromatic nitrogens is 4. The normalized spacial score (nSPS) is 13.8. The van der Waals surface area contributed by atoms with E-state index in [1.54, 1.807) is 0 Å². The third-order valence-electron chi connectivity index (χ3n) is 2.00. The van der Waals surface area contributed by atoms with Crippen LogP contribution in [0.3, 0.4) is 0 Å². The van der Waals surface area contributed by atoms with Gasteiger partial charge in [-0.05, 0) is 22.3 Å². The Morgan fingerprint density at radius 1 is 1.53 bits per heavy atom. The monoisotopic (exact) mass is 212 g/mol. The van der Waals surface area contributed by atoms with Crippen LogP contribution in [-0.4, -0.2) is 31.3 Å². The molecule has 1 aromatic heterocycles. The van der Waals surface area contributed by atoms with E-state index >= 15 is 0 Å². The molecular weight excluding hydrogens is 196 g/mol. The second-order valence-electron chi connectivity index (χ2n) is 4.81. The van der Waals surface area contributed by atoms with E-state index in [2.05, 4.69) is 36.3 Å². The van der Waals surface area contributed by atoms with Gasteiger partial charge in [-0.25, -0.2) is 4.68 Å². The highest BCUT2D eigenvalue weighted by Gasteiger charge is 2.23. The van der Waals surface area contributed by atoms with Crippen LogP contribution in [0.1, 0.15) is 39.7 Å². The molecule has 0 aliphatic heterocycles. The molecular formula is C9H16N4O2. The van der Waals surface area contributed by atoms with Crippen molar-refractivity contribution >= 4 is 5.97 Å². The SMILES string of the molecule is CC(C)(C)CC(CC(=O)O)n1cnnn1. The molecule has 1 N–H and O–H groups in total. The Morgan fingerprint density at radius 3 is 2.60 bits per heavy atom. The number of hydrogen-bond donors (Lipinski definition) is 1. The number of tetrazole rings is 1. The lowest BCUT2D eigenvalue weighted by molar-refractivity contribution is -0.138. The molecule has 1 heterocycles. The predicted molar refractivity (Wildman–Crippen MR) is 53.2 cm³/mol.